The van der Waals surface area contributed by atoms with Gasteiger partial charge in [-0.05, 0) is 37.8 Å². The van der Waals surface area contributed by atoms with Gasteiger partial charge in [-0.2, -0.15) is 0 Å². The van der Waals surface area contributed by atoms with E-state index in [9.17, 15) is 13.2 Å². The Morgan fingerprint density at radius 3 is 2.67 bits per heavy atom. The molecular formula is C18H22ClN3O3S2. The van der Waals surface area contributed by atoms with E-state index in [1.54, 1.807) is 12.1 Å². The monoisotopic (exact) mass is 427 g/mol. The molecule has 0 saturated carbocycles. The van der Waals surface area contributed by atoms with Gasteiger partial charge in [0.1, 0.15) is 4.90 Å². The molecule has 0 atom stereocenters. The molecule has 1 aliphatic carbocycles. The fourth-order valence-electron chi connectivity index (χ4n) is 2.98. The van der Waals surface area contributed by atoms with E-state index in [0.29, 0.717) is 5.13 Å². The number of nitrogens with zero attached hydrogens (tertiary/aromatic N) is 1. The molecule has 3 rings (SSSR count). The Hall–Kier alpha value is -1.48. The van der Waals surface area contributed by atoms with Crippen LogP contribution in [0.3, 0.4) is 0 Å². The van der Waals surface area contributed by atoms with Gasteiger partial charge in [0.25, 0.3) is 0 Å². The molecule has 0 bridgehead atoms. The summed E-state index contributed by atoms with van der Waals surface area (Å²) >= 11 is 7.45. The quantitative estimate of drug-likeness (QED) is 0.734. The Kier molecular flexibility index (Phi) is 6.86. The molecule has 0 fully saturated rings. The minimum absolute atomic E-state index is 0.00630. The topological polar surface area (TPSA) is 88.2 Å². The minimum atomic E-state index is -3.74. The molecular weight excluding hydrogens is 406 g/mol. The van der Waals surface area contributed by atoms with Crippen LogP contribution in [0.5, 0.6) is 0 Å². The molecule has 0 unspecified atom stereocenters. The first-order valence-electron chi connectivity index (χ1n) is 8.98. The van der Waals surface area contributed by atoms with Gasteiger partial charge in [-0.3, -0.25) is 4.79 Å². The van der Waals surface area contributed by atoms with Crippen LogP contribution in [0.2, 0.25) is 5.02 Å². The first-order chi connectivity index (χ1) is 13.0. The van der Waals surface area contributed by atoms with Crippen LogP contribution in [-0.2, 0) is 27.7 Å². The highest BCUT2D eigenvalue weighted by atomic mass is 35.5. The van der Waals surface area contributed by atoms with Crippen LogP contribution in [0.1, 0.15) is 42.7 Å². The predicted octanol–water partition coefficient (Wildman–Crippen LogP) is 3.76. The number of aryl methyl sites for hydroxylation is 2. The fourth-order valence-corrected chi connectivity index (χ4v) is 5.60. The van der Waals surface area contributed by atoms with Gasteiger partial charge >= 0.3 is 0 Å². The molecule has 0 spiro atoms. The molecule has 9 heteroatoms. The van der Waals surface area contributed by atoms with Crippen molar-refractivity contribution in [1.82, 2.24) is 9.71 Å². The molecule has 0 radical (unpaired) electrons. The fraction of sp³-hybridized carbons (Fsp3) is 0.444. The highest BCUT2D eigenvalue weighted by molar-refractivity contribution is 7.89. The summed E-state index contributed by atoms with van der Waals surface area (Å²) < 4.78 is 26.9. The number of aromatic nitrogens is 1. The van der Waals surface area contributed by atoms with Gasteiger partial charge in [-0.1, -0.05) is 36.6 Å². The number of thiazole rings is 1. The number of hydrogen-bond donors (Lipinski definition) is 2. The molecule has 2 aromatic rings. The van der Waals surface area contributed by atoms with E-state index in [-0.39, 0.29) is 28.8 Å². The first-order valence-corrected chi connectivity index (χ1v) is 11.7. The molecule has 1 heterocycles. The summed E-state index contributed by atoms with van der Waals surface area (Å²) in [7, 11) is -3.74. The third-order valence-corrected chi connectivity index (χ3v) is 7.40. The van der Waals surface area contributed by atoms with Gasteiger partial charge < -0.3 is 5.32 Å². The highest BCUT2D eigenvalue weighted by Crippen LogP contribution is 2.28. The van der Waals surface area contributed by atoms with E-state index in [1.807, 2.05) is 0 Å². The molecule has 1 aromatic carbocycles. The number of amides is 1. The van der Waals surface area contributed by atoms with Crippen LogP contribution in [0.4, 0.5) is 5.13 Å². The second kappa shape index (κ2) is 9.14. The lowest BCUT2D eigenvalue weighted by molar-refractivity contribution is -0.116. The number of benzene rings is 1. The maximum atomic E-state index is 12.3. The van der Waals surface area contributed by atoms with Gasteiger partial charge in [0.15, 0.2) is 5.13 Å². The number of halogens is 1. The zero-order valence-electron chi connectivity index (χ0n) is 14.8. The van der Waals surface area contributed by atoms with Gasteiger partial charge in [0.05, 0.1) is 10.7 Å². The van der Waals surface area contributed by atoms with E-state index in [1.165, 1.54) is 41.2 Å². The molecule has 0 saturated heterocycles. The summed E-state index contributed by atoms with van der Waals surface area (Å²) in [6.45, 7) is -0.00945. The van der Waals surface area contributed by atoms with Crippen molar-refractivity contribution in [3.63, 3.8) is 0 Å². The number of anilines is 1. The third kappa shape index (κ3) is 5.51. The number of carbonyl (C=O) groups excluding carboxylic acids is 1. The lowest BCUT2D eigenvalue weighted by Gasteiger charge is -2.08. The Bertz CT molecular complexity index is 887. The van der Waals surface area contributed by atoms with E-state index in [4.69, 9.17) is 11.6 Å². The Morgan fingerprint density at radius 1 is 1.15 bits per heavy atom. The summed E-state index contributed by atoms with van der Waals surface area (Å²) in [4.78, 5) is 17.9. The van der Waals surface area contributed by atoms with Gasteiger partial charge in [0, 0.05) is 17.8 Å². The van der Waals surface area contributed by atoms with Crippen molar-refractivity contribution in [2.75, 3.05) is 11.9 Å². The first kappa shape index (κ1) is 20.3. The highest BCUT2D eigenvalue weighted by Gasteiger charge is 2.18. The zero-order valence-corrected chi connectivity index (χ0v) is 17.2. The second-order valence-corrected chi connectivity index (χ2v) is 9.66. The van der Waals surface area contributed by atoms with Crippen LogP contribution in [-0.4, -0.2) is 25.9 Å². The van der Waals surface area contributed by atoms with Crippen LogP contribution in [0.25, 0.3) is 0 Å². The van der Waals surface area contributed by atoms with Gasteiger partial charge in [0.2, 0.25) is 15.9 Å². The Labute approximate surface area is 168 Å². The molecule has 0 aliphatic heterocycles. The average molecular weight is 428 g/mol. The maximum Gasteiger partial charge on any atom is 0.242 e. The molecule has 1 amide bonds. The van der Waals surface area contributed by atoms with E-state index in [2.05, 4.69) is 15.0 Å². The molecule has 2 N–H and O–H groups in total. The summed E-state index contributed by atoms with van der Waals surface area (Å²) in [5.74, 6) is -0.265. The number of fused-ring (bicyclic) bond motifs is 1. The van der Waals surface area contributed by atoms with E-state index >= 15 is 0 Å². The van der Waals surface area contributed by atoms with Crippen molar-refractivity contribution >= 4 is 44.0 Å². The number of hydrogen-bond acceptors (Lipinski definition) is 5. The number of carbonyl (C=O) groups is 1. The Balaban J connectivity index is 1.53. The van der Waals surface area contributed by atoms with Crippen molar-refractivity contribution in [1.29, 1.82) is 0 Å². The number of rotatable bonds is 6. The summed E-state index contributed by atoms with van der Waals surface area (Å²) in [6.07, 6.45) is 6.75. The molecule has 1 aromatic heterocycles. The average Bonchev–Trinajstić information content (AvgIpc) is 2.95. The van der Waals surface area contributed by atoms with Crippen LogP contribution >= 0.6 is 22.9 Å². The molecule has 27 heavy (non-hydrogen) atoms. The standard InChI is InChI=1S/C18H22ClN3O3S2/c19-13-7-5-6-10-16(13)27(24,25)20-12-11-17(23)22-18-21-14-8-3-1-2-4-9-15(14)26-18/h5-7,10,20H,1-4,8-9,11-12H2,(H,21,22,23). The van der Waals surface area contributed by atoms with Crippen molar-refractivity contribution in [3.8, 4) is 0 Å². The normalized spacial score (nSPS) is 14.9. The largest absolute Gasteiger partial charge is 0.302 e. The smallest absolute Gasteiger partial charge is 0.242 e. The number of nitrogens with one attached hydrogen (secondary N) is 2. The van der Waals surface area contributed by atoms with Crippen molar-refractivity contribution in [2.45, 2.75) is 49.8 Å². The summed E-state index contributed by atoms with van der Waals surface area (Å²) in [5.41, 5.74) is 1.09. The van der Waals surface area contributed by atoms with Gasteiger partial charge in [-0.15, -0.1) is 11.3 Å². The third-order valence-electron chi connectivity index (χ3n) is 4.36. The predicted molar refractivity (Wildman–Crippen MR) is 108 cm³/mol. The van der Waals surface area contributed by atoms with Crippen molar-refractivity contribution in [2.24, 2.45) is 0 Å². The van der Waals surface area contributed by atoms with E-state index < -0.39 is 10.0 Å². The van der Waals surface area contributed by atoms with Crippen molar-refractivity contribution < 1.29 is 13.2 Å². The van der Waals surface area contributed by atoms with Crippen molar-refractivity contribution in [3.05, 3.63) is 39.9 Å². The van der Waals surface area contributed by atoms with Gasteiger partial charge in [-0.25, -0.2) is 18.1 Å². The van der Waals surface area contributed by atoms with Crippen LogP contribution in [0.15, 0.2) is 29.2 Å². The second-order valence-electron chi connectivity index (χ2n) is 6.43. The van der Waals surface area contributed by atoms with Crippen LogP contribution < -0.4 is 10.0 Å². The number of sulfonamides is 1. The lowest BCUT2D eigenvalue weighted by Crippen LogP contribution is -2.28. The summed E-state index contributed by atoms with van der Waals surface area (Å²) in [5, 5.41) is 3.53. The van der Waals surface area contributed by atoms with E-state index in [0.717, 1.165) is 31.4 Å². The van der Waals surface area contributed by atoms with Crippen LogP contribution in [0, 0.1) is 0 Å². The minimum Gasteiger partial charge on any atom is -0.302 e. The zero-order chi connectivity index (χ0) is 19.3. The lowest BCUT2D eigenvalue weighted by atomic mass is 10.0. The molecule has 1 aliphatic rings. The molecule has 146 valence electrons. The Morgan fingerprint density at radius 2 is 1.89 bits per heavy atom. The molecule has 6 nitrogen and oxygen atoms in total. The summed E-state index contributed by atoms with van der Waals surface area (Å²) in [6, 6.07) is 6.20. The SMILES string of the molecule is O=C(CCNS(=O)(=O)c1ccccc1Cl)Nc1nc2c(s1)CCCCCC2. The maximum absolute atomic E-state index is 12.3.